The second-order valence-corrected chi connectivity index (χ2v) is 7.36. The lowest BCUT2D eigenvalue weighted by molar-refractivity contribution is -0.140. The minimum atomic E-state index is -4.41. The third-order valence-electron chi connectivity index (χ3n) is 4.55. The van der Waals surface area contributed by atoms with Gasteiger partial charge in [-0.2, -0.15) is 13.2 Å². The SMILES string of the molecule is COc1cc(SN)ccc1NCC#Cc1cc2c(NCC=O)cccc2n1CC(F)(F)F. The fourth-order valence-corrected chi connectivity index (χ4v) is 3.53. The third kappa shape index (κ3) is 5.69. The van der Waals surface area contributed by atoms with E-state index in [9.17, 15) is 18.0 Å². The Hall–Kier alpha value is -3.29. The molecule has 0 fully saturated rings. The Bertz CT molecular complexity index is 1170. The number of halogens is 3. The molecule has 4 N–H and O–H groups in total. The third-order valence-corrected chi connectivity index (χ3v) is 5.08. The number of rotatable bonds is 8. The normalized spacial score (nSPS) is 11.0. The van der Waals surface area contributed by atoms with Crippen LogP contribution in [0.2, 0.25) is 0 Å². The lowest BCUT2D eigenvalue weighted by Gasteiger charge is -2.11. The Kier molecular flexibility index (Phi) is 7.56. The summed E-state index contributed by atoms with van der Waals surface area (Å²) in [5, 5.41) is 12.1. The highest BCUT2D eigenvalue weighted by atomic mass is 32.2. The molecular formula is C22H21F3N4O2S. The Labute approximate surface area is 187 Å². The van der Waals surface area contributed by atoms with Gasteiger partial charge < -0.3 is 24.7 Å². The van der Waals surface area contributed by atoms with E-state index in [0.717, 1.165) is 21.4 Å². The van der Waals surface area contributed by atoms with E-state index in [2.05, 4.69) is 22.5 Å². The molecule has 0 saturated heterocycles. The van der Waals surface area contributed by atoms with Gasteiger partial charge in [0.05, 0.1) is 37.1 Å². The molecule has 0 bridgehead atoms. The number of aldehydes is 1. The molecule has 0 aliphatic heterocycles. The number of nitrogens with two attached hydrogens (primary N) is 1. The van der Waals surface area contributed by atoms with Crippen molar-refractivity contribution in [2.75, 3.05) is 30.8 Å². The summed E-state index contributed by atoms with van der Waals surface area (Å²) in [6, 6.07) is 11.9. The van der Waals surface area contributed by atoms with Gasteiger partial charge in [0, 0.05) is 16.0 Å². The van der Waals surface area contributed by atoms with Gasteiger partial charge in [0.15, 0.2) is 0 Å². The summed E-state index contributed by atoms with van der Waals surface area (Å²) in [7, 11) is 1.53. The van der Waals surface area contributed by atoms with Gasteiger partial charge in [0.1, 0.15) is 18.6 Å². The number of hydrogen-bond donors (Lipinski definition) is 3. The molecule has 3 aromatic rings. The van der Waals surface area contributed by atoms with Crippen LogP contribution < -0.4 is 20.5 Å². The minimum Gasteiger partial charge on any atom is -0.495 e. The number of fused-ring (bicyclic) bond motifs is 1. The van der Waals surface area contributed by atoms with Crippen molar-refractivity contribution in [3.8, 4) is 17.6 Å². The minimum absolute atomic E-state index is 0.0534. The van der Waals surface area contributed by atoms with E-state index in [4.69, 9.17) is 9.88 Å². The van der Waals surface area contributed by atoms with Gasteiger partial charge in [-0.05, 0) is 54.3 Å². The molecule has 2 aromatic carbocycles. The maximum absolute atomic E-state index is 13.2. The second-order valence-electron chi connectivity index (χ2n) is 6.65. The van der Waals surface area contributed by atoms with Gasteiger partial charge in [-0.1, -0.05) is 12.0 Å². The molecule has 0 aliphatic carbocycles. The molecule has 1 heterocycles. The number of carbonyl (C=O) groups excluding carboxylic acids is 1. The first kappa shape index (κ1) is 23.4. The molecule has 32 heavy (non-hydrogen) atoms. The number of nitrogens with zero attached hydrogens (tertiary/aromatic N) is 1. The highest BCUT2D eigenvalue weighted by Gasteiger charge is 2.29. The van der Waals surface area contributed by atoms with E-state index in [1.807, 2.05) is 6.07 Å². The van der Waals surface area contributed by atoms with Crippen LogP contribution in [0, 0.1) is 11.8 Å². The standard InChI is InChI=1S/C22H21F3N4O2S/c1-31-21-13-16(32-26)7-8-19(21)27-9-3-4-15-12-17-18(28-10-11-30)5-2-6-20(17)29(15)14-22(23,24)25/h2,5-8,11-13,27-28H,9-10,14,26H2,1H3. The smallest absolute Gasteiger partial charge is 0.406 e. The molecule has 0 aliphatic rings. The Morgan fingerprint density at radius 1 is 1.19 bits per heavy atom. The van der Waals surface area contributed by atoms with Crippen LogP contribution in [-0.4, -0.2) is 37.2 Å². The van der Waals surface area contributed by atoms with Crippen molar-refractivity contribution in [2.45, 2.75) is 17.6 Å². The highest BCUT2D eigenvalue weighted by molar-refractivity contribution is 7.97. The van der Waals surface area contributed by atoms with Crippen molar-refractivity contribution in [3.05, 3.63) is 48.2 Å². The number of benzene rings is 2. The molecule has 3 rings (SSSR count). The Morgan fingerprint density at radius 2 is 2.00 bits per heavy atom. The summed E-state index contributed by atoms with van der Waals surface area (Å²) in [4.78, 5) is 11.5. The zero-order chi connectivity index (χ0) is 23.1. The van der Waals surface area contributed by atoms with Crippen molar-refractivity contribution >= 4 is 40.5 Å². The summed E-state index contributed by atoms with van der Waals surface area (Å²) >= 11 is 1.09. The van der Waals surface area contributed by atoms with Crippen molar-refractivity contribution in [1.82, 2.24) is 4.57 Å². The molecule has 0 radical (unpaired) electrons. The highest BCUT2D eigenvalue weighted by Crippen LogP contribution is 2.30. The van der Waals surface area contributed by atoms with Crippen LogP contribution in [0.25, 0.3) is 10.9 Å². The van der Waals surface area contributed by atoms with Crippen LogP contribution in [0.1, 0.15) is 5.69 Å². The van der Waals surface area contributed by atoms with Crippen molar-refractivity contribution < 1.29 is 22.7 Å². The van der Waals surface area contributed by atoms with Crippen LogP contribution in [0.4, 0.5) is 24.5 Å². The van der Waals surface area contributed by atoms with Gasteiger partial charge >= 0.3 is 6.18 Å². The van der Waals surface area contributed by atoms with Gasteiger partial charge in [-0.15, -0.1) is 0 Å². The first-order valence-electron chi connectivity index (χ1n) is 9.50. The van der Waals surface area contributed by atoms with Crippen LogP contribution >= 0.6 is 11.9 Å². The van der Waals surface area contributed by atoms with Crippen molar-refractivity contribution in [2.24, 2.45) is 5.14 Å². The maximum Gasteiger partial charge on any atom is 0.406 e. The quantitative estimate of drug-likeness (QED) is 0.264. The number of anilines is 2. The summed E-state index contributed by atoms with van der Waals surface area (Å²) in [6.45, 7) is -0.926. The molecule has 1 aromatic heterocycles. The molecule has 0 spiro atoms. The Morgan fingerprint density at radius 3 is 2.69 bits per heavy atom. The summed E-state index contributed by atoms with van der Waals surface area (Å²) < 4.78 is 46.1. The topological polar surface area (TPSA) is 81.3 Å². The lowest BCUT2D eigenvalue weighted by Crippen LogP contribution is -2.18. The van der Waals surface area contributed by atoms with Crippen LogP contribution in [0.5, 0.6) is 5.75 Å². The molecular weight excluding hydrogens is 441 g/mol. The lowest BCUT2D eigenvalue weighted by atomic mass is 10.2. The van der Waals surface area contributed by atoms with Crippen LogP contribution in [-0.2, 0) is 11.3 Å². The van der Waals surface area contributed by atoms with E-state index in [1.54, 1.807) is 36.4 Å². The summed E-state index contributed by atoms with van der Waals surface area (Å²) in [6.07, 6.45) is -3.73. The number of ether oxygens (including phenoxy) is 1. The van der Waals surface area contributed by atoms with E-state index in [0.29, 0.717) is 34.3 Å². The van der Waals surface area contributed by atoms with Crippen molar-refractivity contribution in [3.63, 3.8) is 0 Å². The number of hydrogen-bond acceptors (Lipinski definition) is 6. The largest absolute Gasteiger partial charge is 0.495 e. The maximum atomic E-state index is 13.2. The first-order chi connectivity index (χ1) is 15.4. The first-order valence-corrected chi connectivity index (χ1v) is 10.4. The van der Waals surface area contributed by atoms with Gasteiger partial charge in [0.2, 0.25) is 0 Å². The molecule has 6 nitrogen and oxygen atoms in total. The predicted molar refractivity (Wildman–Crippen MR) is 121 cm³/mol. The van der Waals surface area contributed by atoms with E-state index in [-0.39, 0.29) is 18.8 Å². The predicted octanol–water partition coefficient (Wildman–Crippen LogP) is 4.25. The monoisotopic (exact) mass is 462 g/mol. The molecule has 0 saturated carbocycles. The van der Waals surface area contributed by atoms with Gasteiger partial charge in [0.25, 0.3) is 0 Å². The average Bonchev–Trinajstić information content (AvgIpc) is 3.11. The number of nitrogens with one attached hydrogen (secondary N) is 2. The van der Waals surface area contributed by atoms with Crippen LogP contribution in [0.3, 0.4) is 0 Å². The number of alkyl halides is 3. The van der Waals surface area contributed by atoms with E-state index >= 15 is 0 Å². The van der Waals surface area contributed by atoms with Gasteiger partial charge in [-0.3, -0.25) is 5.14 Å². The molecule has 0 amide bonds. The van der Waals surface area contributed by atoms with Gasteiger partial charge in [-0.25, -0.2) is 0 Å². The summed E-state index contributed by atoms with van der Waals surface area (Å²) in [5.41, 5.74) is 1.86. The fourth-order valence-electron chi connectivity index (χ4n) is 3.21. The zero-order valence-corrected chi connectivity index (χ0v) is 17.9. The molecule has 168 valence electrons. The molecule has 0 atom stereocenters. The fraction of sp³-hybridized carbons (Fsp3) is 0.227. The Balaban J connectivity index is 1.89. The number of carbonyl (C=O) groups is 1. The van der Waals surface area contributed by atoms with E-state index in [1.165, 1.54) is 7.11 Å². The van der Waals surface area contributed by atoms with Crippen molar-refractivity contribution in [1.29, 1.82) is 0 Å². The van der Waals surface area contributed by atoms with E-state index < -0.39 is 12.7 Å². The average molecular weight is 462 g/mol. The number of methoxy groups -OCH3 is 1. The second kappa shape index (κ2) is 10.3. The number of aromatic nitrogens is 1. The zero-order valence-electron chi connectivity index (χ0n) is 17.1. The summed E-state index contributed by atoms with van der Waals surface area (Å²) in [5.74, 6) is 6.28. The molecule has 0 unspecified atom stereocenters. The van der Waals surface area contributed by atoms with Crippen LogP contribution in [0.15, 0.2) is 47.4 Å². The molecule has 10 heteroatoms.